The van der Waals surface area contributed by atoms with E-state index in [1.807, 2.05) is 4.90 Å². The summed E-state index contributed by atoms with van der Waals surface area (Å²) < 4.78 is 0. The Bertz CT molecular complexity index is 362. The van der Waals surface area contributed by atoms with E-state index in [-0.39, 0.29) is 18.0 Å². The first kappa shape index (κ1) is 10.1. The van der Waals surface area contributed by atoms with E-state index in [2.05, 4.69) is 18.3 Å². The average Bonchev–Trinajstić information content (AvgIpc) is 2.74. The van der Waals surface area contributed by atoms with Crippen LogP contribution in [0, 0.1) is 23.2 Å². The van der Waals surface area contributed by atoms with Crippen LogP contribution >= 0.6 is 0 Å². The topological polar surface area (TPSA) is 56.1 Å². The molecule has 1 amide bonds. The molecule has 1 aliphatic carbocycles. The van der Waals surface area contributed by atoms with Crippen molar-refractivity contribution in [1.82, 2.24) is 10.2 Å². The zero-order valence-corrected chi connectivity index (χ0v) is 9.52. The van der Waals surface area contributed by atoms with Crippen LogP contribution < -0.4 is 5.32 Å². The van der Waals surface area contributed by atoms with Gasteiger partial charge in [-0.05, 0) is 37.6 Å². The Hall–Kier alpha value is -1.08. The molecule has 3 rings (SSSR count). The number of fused-ring (bicyclic) bond motifs is 1. The van der Waals surface area contributed by atoms with Gasteiger partial charge in [0.05, 0.1) is 12.1 Å². The summed E-state index contributed by atoms with van der Waals surface area (Å²) >= 11 is 0. The molecule has 2 saturated heterocycles. The van der Waals surface area contributed by atoms with E-state index in [4.69, 9.17) is 5.26 Å². The molecular weight excluding hydrogens is 202 g/mol. The molecule has 0 aromatic rings. The highest BCUT2D eigenvalue weighted by atomic mass is 16.2. The van der Waals surface area contributed by atoms with Gasteiger partial charge >= 0.3 is 0 Å². The van der Waals surface area contributed by atoms with Crippen LogP contribution in [0.15, 0.2) is 0 Å². The van der Waals surface area contributed by atoms with Crippen molar-refractivity contribution in [3.05, 3.63) is 0 Å². The van der Waals surface area contributed by atoms with Gasteiger partial charge in [-0.2, -0.15) is 5.26 Å². The summed E-state index contributed by atoms with van der Waals surface area (Å²) in [5, 5.41) is 12.3. The number of nitrogens with zero attached hydrogens (tertiary/aromatic N) is 2. The molecule has 0 aromatic heterocycles. The predicted octanol–water partition coefficient (Wildman–Crippen LogP) is 0.497. The van der Waals surface area contributed by atoms with Crippen molar-refractivity contribution in [2.45, 2.75) is 44.3 Å². The zero-order chi connectivity index (χ0) is 11.3. The highest BCUT2D eigenvalue weighted by Gasteiger charge is 2.55. The van der Waals surface area contributed by atoms with Gasteiger partial charge in [0.2, 0.25) is 5.91 Å². The van der Waals surface area contributed by atoms with E-state index in [1.54, 1.807) is 0 Å². The van der Waals surface area contributed by atoms with Crippen molar-refractivity contribution in [1.29, 1.82) is 5.26 Å². The second kappa shape index (κ2) is 3.46. The molecule has 4 heteroatoms. The van der Waals surface area contributed by atoms with Gasteiger partial charge in [-0.1, -0.05) is 6.92 Å². The van der Waals surface area contributed by atoms with E-state index in [0.29, 0.717) is 17.9 Å². The molecule has 0 unspecified atom stereocenters. The van der Waals surface area contributed by atoms with Crippen LogP contribution in [-0.2, 0) is 4.79 Å². The third-order valence-electron chi connectivity index (χ3n) is 4.31. The average molecular weight is 219 g/mol. The number of piperidine rings is 1. The molecule has 4 nitrogen and oxygen atoms in total. The minimum atomic E-state index is -0.161. The highest BCUT2D eigenvalue weighted by Crippen LogP contribution is 2.48. The van der Waals surface area contributed by atoms with Gasteiger partial charge < -0.3 is 10.2 Å². The Morgan fingerprint density at radius 1 is 1.50 bits per heavy atom. The van der Waals surface area contributed by atoms with Gasteiger partial charge in [-0.15, -0.1) is 0 Å². The van der Waals surface area contributed by atoms with Gasteiger partial charge in [0, 0.05) is 6.04 Å². The number of nitriles is 1. The molecule has 3 fully saturated rings. The number of hydrogen-bond acceptors (Lipinski definition) is 3. The van der Waals surface area contributed by atoms with Crippen LogP contribution in [-0.4, -0.2) is 35.5 Å². The lowest BCUT2D eigenvalue weighted by Gasteiger charge is -2.27. The van der Waals surface area contributed by atoms with Crippen molar-refractivity contribution >= 4 is 5.91 Å². The lowest BCUT2D eigenvalue weighted by atomic mass is 10.0. The van der Waals surface area contributed by atoms with E-state index in [0.717, 1.165) is 25.8 Å². The third kappa shape index (κ3) is 1.35. The summed E-state index contributed by atoms with van der Waals surface area (Å²) in [6, 6.07) is 2.45. The van der Waals surface area contributed by atoms with Crippen LogP contribution in [0.25, 0.3) is 0 Å². The van der Waals surface area contributed by atoms with E-state index in [1.165, 1.54) is 0 Å². The van der Waals surface area contributed by atoms with Gasteiger partial charge in [-0.25, -0.2) is 0 Å². The quantitative estimate of drug-likeness (QED) is 0.698. The van der Waals surface area contributed by atoms with Crippen molar-refractivity contribution in [2.24, 2.45) is 11.8 Å². The normalized spacial score (nSPS) is 45.2. The third-order valence-corrected chi connectivity index (χ3v) is 4.31. The Morgan fingerprint density at radius 2 is 2.31 bits per heavy atom. The van der Waals surface area contributed by atoms with Crippen molar-refractivity contribution in [3.63, 3.8) is 0 Å². The number of amides is 1. The largest absolute Gasteiger partial charge is 0.322 e. The molecule has 1 saturated carbocycles. The molecular formula is C12H17N3O. The summed E-state index contributed by atoms with van der Waals surface area (Å²) in [4.78, 5) is 14.2. The fraction of sp³-hybridized carbons (Fsp3) is 0.833. The molecule has 0 spiro atoms. The Labute approximate surface area is 95.6 Å². The molecule has 0 radical (unpaired) electrons. The molecule has 86 valence electrons. The van der Waals surface area contributed by atoms with Crippen LogP contribution in [0.3, 0.4) is 0 Å². The van der Waals surface area contributed by atoms with Crippen molar-refractivity contribution in [3.8, 4) is 6.07 Å². The minimum absolute atomic E-state index is 0.0461. The van der Waals surface area contributed by atoms with Gasteiger partial charge in [0.1, 0.15) is 6.04 Å². The first-order chi connectivity index (χ1) is 7.72. The van der Waals surface area contributed by atoms with Crippen molar-refractivity contribution < 1.29 is 4.79 Å². The van der Waals surface area contributed by atoms with Gasteiger partial charge in [0.15, 0.2) is 0 Å². The summed E-state index contributed by atoms with van der Waals surface area (Å²) in [5.74, 6) is 1.19. The van der Waals surface area contributed by atoms with Crippen molar-refractivity contribution in [2.75, 3.05) is 6.54 Å². The molecule has 3 aliphatic rings. The molecule has 16 heavy (non-hydrogen) atoms. The zero-order valence-electron chi connectivity index (χ0n) is 9.52. The molecule has 2 aliphatic heterocycles. The fourth-order valence-corrected chi connectivity index (χ4v) is 3.21. The maximum absolute atomic E-state index is 12.4. The smallest absolute Gasteiger partial charge is 0.241 e. The number of carbonyl (C=O) groups excluding carboxylic acids is 1. The number of rotatable bonds is 1. The maximum atomic E-state index is 12.4. The number of nitrogens with one attached hydrogen (secondary N) is 1. The second-order valence-corrected chi connectivity index (χ2v) is 5.39. The molecule has 5 atom stereocenters. The number of likely N-dealkylation sites (tertiary alicyclic amines) is 1. The minimum Gasteiger partial charge on any atom is -0.322 e. The lowest BCUT2D eigenvalue weighted by Crippen LogP contribution is -2.49. The van der Waals surface area contributed by atoms with Crippen LogP contribution in [0.5, 0.6) is 0 Å². The standard InChI is InChI=1S/C12H17N3O/c1-7-2-3-14-11(7)12(16)15-9(6-13)4-8-5-10(8)15/h7-11,14H,2-5H2,1H3/t7-,8+,9-,10-,11-/m0/s1. The first-order valence-electron chi connectivity index (χ1n) is 6.17. The summed E-state index contributed by atoms with van der Waals surface area (Å²) in [7, 11) is 0. The fourth-order valence-electron chi connectivity index (χ4n) is 3.21. The molecule has 0 aromatic carbocycles. The second-order valence-electron chi connectivity index (χ2n) is 5.39. The van der Waals surface area contributed by atoms with E-state index < -0.39 is 0 Å². The van der Waals surface area contributed by atoms with Gasteiger partial charge in [0.25, 0.3) is 0 Å². The van der Waals surface area contributed by atoms with Crippen LogP contribution in [0.4, 0.5) is 0 Å². The Morgan fingerprint density at radius 3 is 2.94 bits per heavy atom. The molecule has 0 bridgehead atoms. The first-order valence-corrected chi connectivity index (χ1v) is 6.17. The monoisotopic (exact) mass is 219 g/mol. The number of hydrogen-bond donors (Lipinski definition) is 1. The predicted molar refractivity (Wildman–Crippen MR) is 58.3 cm³/mol. The van der Waals surface area contributed by atoms with E-state index >= 15 is 0 Å². The number of carbonyl (C=O) groups is 1. The summed E-state index contributed by atoms with van der Waals surface area (Å²) in [6.45, 7) is 3.04. The Balaban J connectivity index is 1.76. The van der Waals surface area contributed by atoms with E-state index in [9.17, 15) is 4.79 Å². The SMILES string of the molecule is C[C@H]1CCN[C@@H]1C(=O)N1[C@H](C#N)C[C@@H]2C[C@@H]21. The molecule has 1 N–H and O–H groups in total. The summed E-state index contributed by atoms with van der Waals surface area (Å²) in [6.07, 6.45) is 3.08. The summed E-state index contributed by atoms with van der Waals surface area (Å²) in [5.41, 5.74) is 0. The molecule has 2 heterocycles. The lowest BCUT2D eigenvalue weighted by molar-refractivity contribution is -0.134. The van der Waals surface area contributed by atoms with Crippen LogP contribution in [0.1, 0.15) is 26.2 Å². The maximum Gasteiger partial charge on any atom is 0.241 e. The Kier molecular flexibility index (Phi) is 2.18. The highest BCUT2D eigenvalue weighted by molar-refractivity contribution is 5.84. The van der Waals surface area contributed by atoms with Crippen LogP contribution in [0.2, 0.25) is 0 Å². The van der Waals surface area contributed by atoms with Gasteiger partial charge in [-0.3, -0.25) is 4.79 Å².